The second-order valence-electron chi connectivity index (χ2n) is 8.26. The van der Waals surface area contributed by atoms with Crippen molar-refractivity contribution < 1.29 is 0 Å². The zero-order valence-corrected chi connectivity index (χ0v) is 20.9. The van der Waals surface area contributed by atoms with Gasteiger partial charge in [0.15, 0.2) is 11.0 Å². The van der Waals surface area contributed by atoms with Crippen molar-refractivity contribution in [2.45, 2.75) is 34.2 Å². The molecule has 4 aromatic rings. The summed E-state index contributed by atoms with van der Waals surface area (Å²) in [6, 6.07) is 12.4. The van der Waals surface area contributed by atoms with E-state index in [1.165, 1.54) is 0 Å². The highest BCUT2D eigenvalue weighted by Crippen LogP contribution is 2.27. The molecule has 0 fully saturated rings. The van der Waals surface area contributed by atoms with E-state index in [0.29, 0.717) is 18.1 Å². The van der Waals surface area contributed by atoms with Gasteiger partial charge in [0.1, 0.15) is 5.82 Å². The van der Waals surface area contributed by atoms with Crippen molar-refractivity contribution in [2.75, 3.05) is 17.7 Å². The quantitative estimate of drug-likeness (QED) is 0.336. The summed E-state index contributed by atoms with van der Waals surface area (Å²) in [5, 5.41) is 9.47. The lowest BCUT2D eigenvalue weighted by atomic mass is 10.00. The zero-order valence-electron chi connectivity index (χ0n) is 20.1. The number of rotatable bonds is 7. The highest BCUT2D eigenvalue weighted by Gasteiger charge is 2.16. The maximum absolute atomic E-state index is 6.29. The van der Waals surface area contributed by atoms with Crippen LogP contribution in [0.15, 0.2) is 53.7 Å². The summed E-state index contributed by atoms with van der Waals surface area (Å²) >= 11 is 1.60. The molecule has 3 aromatic heterocycles. The van der Waals surface area contributed by atoms with Gasteiger partial charge in [0.2, 0.25) is 0 Å². The summed E-state index contributed by atoms with van der Waals surface area (Å²) in [4.78, 5) is 18.5. The van der Waals surface area contributed by atoms with Crippen molar-refractivity contribution >= 4 is 27.9 Å². The third-order valence-electron chi connectivity index (χ3n) is 5.43. The number of hydrogen-bond donors (Lipinski definition) is 3. The van der Waals surface area contributed by atoms with Crippen LogP contribution in [-0.2, 0) is 6.54 Å². The average Bonchev–Trinajstić information content (AvgIpc) is 3.29. The fraction of sp³-hybridized carbons (Fsp3) is 0.231. The molecule has 0 amide bonds. The van der Waals surface area contributed by atoms with Crippen molar-refractivity contribution in [3.8, 4) is 11.3 Å². The molecule has 4 rings (SSSR count). The Hall–Kier alpha value is -3.78. The Labute approximate surface area is 204 Å². The number of hydrogen-bond acceptors (Lipinski definition) is 8. The molecule has 3 heterocycles. The number of benzene rings is 1. The van der Waals surface area contributed by atoms with E-state index < -0.39 is 0 Å². The van der Waals surface area contributed by atoms with E-state index >= 15 is 0 Å². The Kier molecular flexibility index (Phi) is 6.88. The molecule has 0 aliphatic carbocycles. The van der Waals surface area contributed by atoms with Gasteiger partial charge in [-0.2, -0.15) is 0 Å². The van der Waals surface area contributed by atoms with E-state index in [1.54, 1.807) is 11.3 Å². The number of nitrogens with one attached hydrogen (secondary N) is 2. The largest absolute Gasteiger partial charge is 0.402 e. The van der Waals surface area contributed by atoms with E-state index in [0.717, 1.165) is 55.9 Å². The normalized spacial score (nSPS) is 11.8. The first-order valence-corrected chi connectivity index (χ1v) is 11.9. The molecule has 0 saturated carbocycles. The first-order chi connectivity index (χ1) is 16.3. The van der Waals surface area contributed by atoms with Crippen LogP contribution >= 0.6 is 11.3 Å². The van der Waals surface area contributed by atoms with Crippen molar-refractivity contribution in [2.24, 2.45) is 5.73 Å². The van der Waals surface area contributed by atoms with Gasteiger partial charge in [0.25, 0.3) is 0 Å². The lowest BCUT2D eigenvalue weighted by molar-refractivity contribution is 1.02. The molecule has 0 saturated heterocycles. The fourth-order valence-electron chi connectivity index (χ4n) is 3.75. The van der Waals surface area contributed by atoms with Crippen LogP contribution in [0.3, 0.4) is 0 Å². The van der Waals surface area contributed by atoms with Crippen molar-refractivity contribution in [3.63, 3.8) is 0 Å². The maximum atomic E-state index is 6.29. The van der Waals surface area contributed by atoms with Gasteiger partial charge >= 0.3 is 0 Å². The van der Waals surface area contributed by atoms with Gasteiger partial charge < -0.3 is 16.4 Å². The van der Waals surface area contributed by atoms with Gasteiger partial charge in [-0.1, -0.05) is 24.3 Å². The summed E-state index contributed by atoms with van der Waals surface area (Å²) in [6.45, 7) is 8.50. The van der Waals surface area contributed by atoms with Crippen LogP contribution in [0, 0.1) is 20.8 Å². The molecular weight excluding hydrogens is 442 g/mol. The number of anilines is 2. The summed E-state index contributed by atoms with van der Waals surface area (Å²) in [6.07, 6.45) is 1.85. The number of aryl methyl sites for hydroxylation is 3. The second kappa shape index (κ2) is 10.0. The predicted octanol–water partition coefficient (Wildman–Crippen LogP) is 5.31. The van der Waals surface area contributed by atoms with Crippen molar-refractivity contribution in [1.29, 1.82) is 0 Å². The van der Waals surface area contributed by atoms with Gasteiger partial charge in [0.05, 0.1) is 5.69 Å². The Bertz CT molecular complexity index is 1340. The molecule has 0 aliphatic heterocycles. The number of nitrogens with zero attached hydrogens (tertiary/aromatic N) is 4. The molecule has 4 N–H and O–H groups in total. The minimum Gasteiger partial charge on any atom is -0.402 e. The molecule has 8 heteroatoms. The number of nitrogens with two attached hydrogens (primary N) is 1. The van der Waals surface area contributed by atoms with Gasteiger partial charge in [0, 0.05) is 65.0 Å². The molecule has 0 spiro atoms. The summed E-state index contributed by atoms with van der Waals surface area (Å²) in [7, 11) is 1.88. The summed E-state index contributed by atoms with van der Waals surface area (Å²) in [5.41, 5.74) is 14.8. The highest BCUT2D eigenvalue weighted by molar-refractivity contribution is 7.14. The van der Waals surface area contributed by atoms with Gasteiger partial charge in [-0.05, 0) is 44.9 Å². The Balaban J connectivity index is 1.54. The molecule has 0 bridgehead atoms. The smallest absolute Gasteiger partial charge is 0.182 e. The van der Waals surface area contributed by atoms with Gasteiger partial charge in [-0.3, -0.25) is 4.98 Å². The maximum Gasteiger partial charge on any atom is 0.182 e. The standard InChI is InChI=1S/C26H29N7S/c1-15-10-16(2)29-13-21(15)24(18(4)27)25-31-17(3)11-23(33-25)30-12-19-6-8-20(9-7-19)22-14-34-26(28-5)32-22/h6-11,13-14H,12,27H2,1-5H3,(H,28,32)(H,30,31,33). The van der Waals surface area contributed by atoms with Crippen molar-refractivity contribution in [1.82, 2.24) is 19.9 Å². The monoisotopic (exact) mass is 471 g/mol. The number of pyridine rings is 1. The number of aromatic nitrogens is 4. The fourth-order valence-corrected chi connectivity index (χ4v) is 4.43. The molecular formula is C26H29N7S. The van der Waals surface area contributed by atoms with Crippen LogP contribution in [0.1, 0.15) is 40.8 Å². The molecule has 1 aromatic carbocycles. The van der Waals surface area contributed by atoms with Crippen LogP contribution in [0.4, 0.5) is 10.9 Å². The second-order valence-corrected chi connectivity index (χ2v) is 9.11. The SMILES string of the molecule is CNc1nc(-c2ccc(CNc3cc(C)nc(C(=C(C)N)c4cnc(C)cc4C)n3)cc2)cs1. The third kappa shape index (κ3) is 5.23. The molecule has 0 radical (unpaired) electrons. The average molecular weight is 472 g/mol. The first-order valence-electron chi connectivity index (χ1n) is 11.1. The molecule has 7 nitrogen and oxygen atoms in total. The minimum atomic E-state index is 0.593. The van der Waals surface area contributed by atoms with E-state index in [4.69, 9.17) is 10.7 Å². The summed E-state index contributed by atoms with van der Waals surface area (Å²) in [5.74, 6) is 1.34. The Morgan fingerprint density at radius 2 is 1.76 bits per heavy atom. The minimum absolute atomic E-state index is 0.593. The van der Waals surface area contributed by atoms with Crippen LogP contribution in [0.25, 0.3) is 16.8 Å². The van der Waals surface area contributed by atoms with E-state index in [9.17, 15) is 0 Å². The lowest BCUT2D eigenvalue weighted by Gasteiger charge is -2.14. The molecule has 34 heavy (non-hydrogen) atoms. The molecule has 0 atom stereocenters. The van der Waals surface area contributed by atoms with Gasteiger partial charge in [-0.25, -0.2) is 15.0 Å². The third-order valence-corrected chi connectivity index (χ3v) is 6.29. The van der Waals surface area contributed by atoms with E-state index in [2.05, 4.69) is 62.2 Å². The zero-order chi connectivity index (χ0) is 24.2. The van der Waals surface area contributed by atoms with Crippen LogP contribution in [-0.4, -0.2) is 27.0 Å². The van der Waals surface area contributed by atoms with Crippen LogP contribution < -0.4 is 16.4 Å². The van der Waals surface area contributed by atoms with Crippen LogP contribution in [0.5, 0.6) is 0 Å². The topological polar surface area (TPSA) is 102 Å². The van der Waals surface area contributed by atoms with Gasteiger partial charge in [-0.15, -0.1) is 11.3 Å². The van der Waals surface area contributed by atoms with E-state index in [1.807, 2.05) is 46.1 Å². The van der Waals surface area contributed by atoms with Crippen molar-refractivity contribution in [3.05, 3.63) is 87.6 Å². The Morgan fingerprint density at radius 3 is 2.41 bits per heavy atom. The van der Waals surface area contributed by atoms with E-state index in [-0.39, 0.29) is 0 Å². The summed E-state index contributed by atoms with van der Waals surface area (Å²) < 4.78 is 0. The predicted molar refractivity (Wildman–Crippen MR) is 141 cm³/mol. The van der Waals surface area contributed by atoms with Crippen LogP contribution in [0.2, 0.25) is 0 Å². The number of allylic oxidation sites excluding steroid dienone is 1. The lowest BCUT2D eigenvalue weighted by Crippen LogP contribution is -2.09. The molecule has 0 unspecified atom stereocenters. The first kappa shape index (κ1) is 23.4. The molecule has 0 aliphatic rings. The number of thiazole rings is 1. The highest BCUT2D eigenvalue weighted by atomic mass is 32.1. The molecule has 174 valence electrons. The Morgan fingerprint density at radius 1 is 1.00 bits per heavy atom.